The molecular weight excluding hydrogens is 330 g/mol. The molecule has 1 unspecified atom stereocenters. The van der Waals surface area contributed by atoms with E-state index in [4.69, 9.17) is 21.1 Å². The Morgan fingerprint density at radius 2 is 1.88 bits per heavy atom. The van der Waals surface area contributed by atoms with Crippen LogP contribution in [0.2, 0.25) is 5.02 Å². The minimum absolute atomic E-state index is 0.269. The molecule has 0 aliphatic heterocycles. The van der Waals surface area contributed by atoms with Crippen molar-refractivity contribution in [2.24, 2.45) is 0 Å². The Hall–Kier alpha value is -2.53. The van der Waals surface area contributed by atoms with Crippen LogP contribution in [0.25, 0.3) is 0 Å². The summed E-state index contributed by atoms with van der Waals surface area (Å²) < 4.78 is 10.5. The predicted molar refractivity (Wildman–Crippen MR) is 92.6 cm³/mol. The lowest BCUT2D eigenvalue weighted by Gasteiger charge is -2.15. The van der Waals surface area contributed by atoms with Crippen molar-refractivity contribution in [2.45, 2.75) is 20.0 Å². The van der Waals surface area contributed by atoms with Crippen molar-refractivity contribution in [3.8, 4) is 5.75 Å². The maximum Gasteiger partial charge on any atom is 0.338 e. The number of nitrogens with one attached hydrogen (secondary N) is 1. The SMILES string of the molecule is CCOC(=O)c1ccc(Cl)c(NC(=O)C(C)Oc2ccccc2)c1. The van der Waals surface area contributed by atoms with E-state index < -0.39 is 12.1 Å². The number of esters is 1. The molecule has 1 amide bonds. The monoisotopic (exact) mass is 347 g/mol. The van der Waals surface area contributed by atoms with Gasteiger partial charge in [0, 0.05) is 0 Å². The van der Waals surface area contributed by atoms with E-state index in [-0.39, 0.29) is 12.5 Å². The first-order valence-electron chi connectivity index (χ1n) is 7.50. The van der Waals surface area contributed by atoms with Gasteiger partial charge in [-0.25, -0.2) is 4.79 Å². The van der Waals surface area contributed by atoms with E-state index in [1.54, 1.807) is 32.0 Å². The third kappa shape index (κ3) is 4.73. The van der Waals surface area contributed by atoms with Crippen LogP contribution < -0.4 is 10.1 Å². The minimum Gasteiger partial charge on any atom is -0.481 e. The molecule has 0 saturated carbocycles. The molecular formula is C18H18ClNO4. The quantitative estimate of drug-likeness (QED) is 0.804. The molecule has 0 fully saturated rings. The van der Waals surface area contributed by atoms with Gasteiger partial charge in [-0.05, 0) is 44.2 Å². The Kier molecular flexibility index (Phi) is 6.21. The second-order valence-corrected chi connectivity index (χ2v) is 5.38. The van der Waals surface area contributed by atoms with Crippen molar-refractivity contribution >= 4 is 29.2 Å². The Morgan fingerprint density at radius 3 is 2.54 bits per heavy atom. The van der Waals surface area contributed by atoms with Gasteiger partial charge in [0.1, 0.15) is 5.75 Å². The number of halogens is 1. The minimum atomic E-state index is -0.727. The number of benzene rings is 2. The average Bonchev–Trinajstić information content (AvgIpc) is 2.57. The van der Waals surface area contributed by atoms with Gasteiger partial charge < -0.3 is 14.8 Å². The summed E-state index contributed by atoms with van der Waals surface area (Å²) in [6, 6.07) is 13.6. The van der Waals surface area contributed by atoms with Gasteiger partial charge in [0.15, 0.2) is 6.10 Å². The van der Waals surface area contributed by atoms with Crippen molar-refractivity contribution in [2.75, 3.05) is 11.9 Å². The highest BCUT2D eigenvalue weighted by molar-refractivity contribution is 6.33. The van der Waals surface area contributed by atoms with Gasteiger partial charge in [-0.3, -0.25) is 4.79 Å². The molecule has 0 aromatic heterocycles. The zero-order valence-corrected chi connectivity index (χ0v) is 14.2. The molecule has 2 aromatic carbocycles. The van der Waals surface area contributed by atoms with Crippen LogP contribution in [0.4, 0.5) is 5.69 Å². The number of para-hydroxylation sites is 1. The molecule has 5 nitrogen and oxygen atoms in total. The number of hydrogen-bond acceptors (Lipinski definition) is 4. The van der Waals surface area contributed by atoms with E-state index in [0.717, 1.165) is 0 Å². The fraction of sp³-hybridized carbons (Fsp3) is 0.222. The molecule has 0 bridgehead atoms. The van der Waals surface area contributed by atoms with Gasteiger partial charge in [0.25, 0.3) is 5.91 Å². The molecule has 0 saturated heterocycles. The molecule has 126 valence electrons. The van der Waals surface area contributed by atoms with E-state index in [1.807, 2.05) is 18.2 Å². The second-order valence-electron chi connectivity index (χ2n) is 4.98. The summed E-state index contributed by atoms with van der Waals surface area (Å²) in [4.78, 5) is 24.0. The van der Waals surface area contributed by atoms with Gasteiger partial charge in [-0.15, -0.1) is 0 Å². The number of anilines is 1. The smallest absolute Gasteiger partial charge is 0.338 e. The first-order chi connectivity index (χ1) is 11.5. The van der Waals surface area contributed by atoms with E-state index in [2.05, 4.69) is 5.32 Å². The van der Waals surface area contributed by atoms with Crippen LogP contribution in [-0.2, 0) is 9.53 Å². The normalized spacial score (nSPS) is 11.5. The molecule has 6 heteroatoms. The van der Waals surface area contributed by atoms with Crippen LogP contribution in [0, 0.1) is 0 Å². The molecule has 0 heterocycles. The van der Waals surface area contributed by atoms with Gasteiger partial charge in [0.05, 0.1) is 22.9 Å². The second kappa shape index (κ2) is 8.36. The van der Waals surface area contributed by atoms with Crippen LogP contribution in [0.5, 0.6) is 5.75 Å². The lowest BCUT2D eigenvalue weighted by atomic mass is 10.2. The third-order valence-corrected chi connectivity index (χ3v) is 3.49. The highest BCUT2D eigenvalue weighted by Crippen LogP contribution is 2.24. The number of ether oxygens (including phenoxy) is 2. The number of rotatable bonds is 6. The highest BCUT2D eigenvalue weighted by atomic mass is 35.5. The van der Waals surface area contributed by atoms with Crippen molar-refractivity contribution in [3.05, 3.63) is 59.1 Å². The fourth-order valence-corrected chi connectivity index (χ4v) is 2.12. The standard InChI is InChI=1S/C18H18ClNO4/c1-3-23-18(22)13-9-10-15(19)16(11-13)20-17(21)12(2)24-14-7-5-4-6-8-14/h4-12H,3H2,1-2H3,(H,20,21). The fourth-order valence-electron chi connectivity index (χ4n) is 1.95. The van der Waals surface area contributed by atoms with Gasteiger partial charge in [-0.2, -0.15) is 0 Å². The zero-order chi connectivity index (χ0) is 17.5. The summed E-state index contributed by atoms with van der Waals surface area (Å²) >= 11 is 6.08. The zero-order valence-electron chi connectivity index (χ0n) is 13.4. The molecule has 0 spiro atoms. The van der Waals surface area contributed by atoms with Crippen LogP contribution in [0.1, 0.15) is 24.2 Å². The Morgan fingerprint density at radius 1 is 1.17 bits per heavy atom. The van der Waals surface area contributed by atoms with E-state index in [0.29, 0.717) is 22.0 Å². The van der Waals surface area contributed by atoms with Gasteiger partial charge in [0.2, 0.25) is 0 Å². The van der Waals surface area contributed by atoms with E-state index in [1.165, 1.54) is 12.1 Å². The lowest BCUT2D eigenvalue weighted by molar-refractivity contribution is -0.122. The first kappa shape index (κ1) is 17.8. The summed E-state index contributed by atoms with van der Waals surface area (Å²) in [6.45, 7) is 3.62. The number of carbonyl (C=O) groups is 2. The molecule has 2 rings (SSSR count). The molecule has 0 aliphatic carbocycles. The van der Waals surface area contributed by atoms with Crippen LogP contribution >= 0.6 is 11.6 Å². The summed E-state index contributed by atoms with van der Waals surface area (Å²) in [5, 5.41) is 2.99. The van der Waals surface area contributed by atoms with Gasteiger partial charge in [-0.1, -0.05) is 29.8 Å². The highest BCUT2D eigenvalue weighted by Gasteiger charge is 2.17. The first-order valence-corrected chi connectivity index (χ1v) is 7.88. The largest absolute Gasteiger partial charge is 0.481 e. The maximum atomic E-state index is 12.3. The summed E-state index contributed by atoms with van der Waals surface area (Å²) in [5.41, 5.74) is 0.643. The van der Waals surface area contributed by atoms with E-state index in [9.17, 15) is 9.59 Å². The Labute approximate surface area is 145 Å². The molecule has 1 N–H and O–H groups in total. The van der Waals surface area contributed by atoms with Crippen LogP contribution in [0.15, 0.2) is 48.5 Å². The summed E-state index contributed by atoms with van der Waals surface area (Å²) in [6.07, 6.45) is -0.727. The maximum absolute atomic E-state index is 12.3. The van der Waals surface area contributed by atoms with Crippen LogP contribution in [-0.4, -0.2) is 24.6 Å². The number of amides is 1. The van der Waals surface area contributed by atoms with Crippen molar-refractivity contribution in [3.63, 3.8) is 0 Å². The third-order valence-electron chi connectivity index (χ3n) is 3.16. The Balaban J connectivity index is 2.07. The van der Waals surface area contributed by atoms with Crippen molar-refractivity contribution in [1.82, 2.24) is 0 Å². The van der Waals surface area contributed by atoms with Crippen molar-refractivity contribution < 1.29 is 19.1 Å². The molecule has 0 aliphatic rings. The summed E-state index contributed by atoms with van der Waals surface area (Å²) in [7, 11) is 0. The lowest BCUT2D eigenvalue weighted by Crippen LogP contribution is -2.30. The molecule has 2 aromatic rings. The number of carbonyl (C=O) groups excluding carboxylic acids is 2. The summed E-state index contributed by atoms with van der Waals surface area (Å²) in [5.74, 6) is -0.258. The van der Waals surface area contributed by atoms with Crippen LogP contribution in [0.3, 0.4) is 0 Å². The number of hydrogen-bond donors (Lipinski definition) is 1. The topological polar surface area (TPSA) is 64.6 Å². The average molecular weight is 348 g/mol. The predicted octanol–water partition coefficient (Wildman–Crippen LogP) is 3.92. The van der Waals surface area contributed by atoms with Crippen molar-refractivity contribution in [1.29, 1.82) is 0 Å². The van der Waals surface area contributed by atoms with E-state index >= 15 is 0 Å². The van der Waals surface area contributed by atoms with Gasteiger partial charge >= 0.3 is 5.97 Å². The molecule has 24 heavy (non-hydrogen) atoms. The molecule has 1 atom stereocenters. The molecule has 0 radical (unpaired) electrons. The Bertz CT molecular complexity index is 718.